The van der Waals surface area contributed by atoms with Gasteiger partial charge in [0.1, 0.15) is 0 Å². The highest BCUT2D eigenvalue weighted by Gasteiger charge is 2.25. The lowest BCUT2D eigenvalue weighted by atomic mass is 10.1. The number of nitrogens with one attached hydrogen (secondary N) is 1. The fraction of sp³-hybridized carbons (Fsp3) is 0.188. The van der Waals surface area contributed by atoms with Gasteiger partial charge in [-0.3, -0.25) is 9.52 Å². The van der Waals surface area contributed by atoms with Gasteiger partial charge in [0, 0.05) is 23.5 Å². The number of amides is 1. The number of carbonyl (C=O) groups excluding carboxylic acids is 1. The molecule has 0 atom stereocenters. The van der Waals surface area contributed by atoms with Crippen LogP contribution in [-0.2, 0) is 16.4 Å². The van der Waals surface area contributed by atoms with Gasteiger partial charge >= 0.3 is 0 Å². The van der Waals surface area contributed by atoms with Crippen LogP contribution >= 0.6 is 0 Å². The predicted octanol–water partition coefficient (Wildman–Crippen LogP) is 2.26. The summed E-state index contributed by atoms with van der Waals surface area (Å²) in [5, 5.41) is 0. The molecule has 0 unspecified atom stereocenters. The summed E-state index contributed by atoms with van der Waals surface area (Å²) in [5.74, 6) is -0.0387. The topological polar surface area (TPSA) is 66.5 Å². The third kappa shape index (κ3) is 2.96. The third-order valence-electron chi connectivity index (χ3n) is 3.54. The van der Waals surface area contributed by atoms with E-state index in [0.717, 1.165) is 17.5 Å². The summed E-state index contributed by atoms with van der Waals surface area (Å²) in [7, 11) is -3.30. The van der Waals surface area contributed by atoms with Crippen molar-refractivity contribution in [1.29, 1.82) is 0 Å². The quantitative estimate of drug-likeness (QED) is 0.944. The Bertz CT molecular complexity index is 817. The molecular weight excluding hydrogens is 300 g/mol. The lowest BCUT2D eigenvalue weighted by Gasteiger charge is -2.17. The molecule has 1 aliphatic rings. The molecule has 1 heterocycles. The van der Waals surface area contributed by atoms with E-state index >= 15 is 0 Å². The second-order valence-electron chi connectivity index (χ2n) is 5.29. The molecule has 0 saturated heterocycles. The Morgan fingerprint density at radius 2 is 1.86 bits per heavy atom. The van der Waals surface area contributed by atoms with E-state index in [1.807, 2.05) is 18.2 Å². The largest absolute Gasteiger partial charge is 0.308 e. The van der Waals surface area contributed by atoms with Crippen LogP contribution in [0.25, 0.3) is 0 Å². The van der Waals surface area contributed by atoms with Crippen molar-refractivity contribution in [3.63, 3.8) is 0 Å². The molecule has 0 aliphatic carbocycles. The summed E-state index contributed by atoms with van der Waals surface area (Å²) in [5.41, 5.74) is 2.98. The molecule has 2 aromatic rings. The van der Waals surface area contributed by atoms with E-state index in [9.17, 15) is 13.2 Å². The Kier molecular flexibility index (Phi) is 3.62. The first-order valence-corrected chi connectivity index (χ1v) is 8.81. The van der Waals surface area contributed by atoms with Gasteiger partial charge in [-0.05, 0) is 42.3 Å². The molecular formula is C16H16N2O3S. The molecule has 0 fully saturated rings. The van der Waals surface area contributed by atoms with Crippen molar-refractivity contribution in [1.82, 2.24) is 0 Å². The molecule has 0 aromatic heterocycles. The minimum absolute atomic E-state index is 0.0387. The normalized spacial score (nSPS) is 13.8. The van der Waals surface area contributed by atoms with Gasteiger partial charge in [0.2, 0.25) is 10.0 Å². The number of fused-ring (bicyclic) bond motifs is 1. The van der Waals surface area contributed by atoms with Crippen LogP contribution in [0, 0.1) is 0 Å². The van der Waals surface area contributed by atoms with E-state index in [2.05, 4.69) is 4.72 Å². The Hall–Kier alpha value is -2.34. The van der Waals surface area contributed by atoms with Crippen molar-refractivity contribution in [2.75, 3.05) is 22.4 Å². The van der Waals surface area contributed by atoms with Crippen molar-refractivity contribution in [2.24, 2.45) is 0 Å². The molecule has 1 aliphatic heterocycles. The number of hydrogen-bond acceptors (Lipinski definition) is 3. The second kappa shape index (κ2) is 5.46. The average molecular weight is 316 g/mol. The van der Waals surface area contributed by atoms with Crippen LogP contribution in [0.2, 0.25) is 0 Å². The van der Waals surface area contributed by atoms with Crippen molar-refractivity contribution in [3.05, 3.63) is 59.7 Å². The monoisotopic (exact) mass is 316 g/mol. The van der Waals surface area contributed by atoms with Gasteiger partial charge < -0.3 is 4.90 Å². The smallest absolute Gasteiger partial charge is 0.258 e. The minimum Gasteiger partial charge on any atom is -0.308 e. The Balaban J connectivity index is 1.88. The summed E-state index contributed by atoms with van der Waals surface area (Å²) in [6.07, 6.45) is 1.83. The summed E-state index contributed by atoms with van der Waals surface area (Å²) in [4.78, 5) is 14.3. The molecule has 1 amide bonds. The number of sulfonamides is 1. The molecule has 3 rings (SSSR count). The highest BCUT2D eigenvalue weighted by molar-refractivity contribution is 7.92. The van der Waals surface area contributed by atoms with Gasteiger partial charge in [-0.1, -0.05) is 18.2 Å². The molecule has 114 valence electrons. The fourth-order valence-electron chi connectivity index (χ4n) is 2.63. The van der Waals surface area contributed by atoms with Crippen LogP contribution < -0.4 is 9.62 Å². The van der Waals surface area contributed by atoms with Crippen molar-refractivity contribution in [3.8, 4) is 0 Å². The first-order chi connectivity index (χ1) is 10.4. The highest BCUT2D eigenvalue weighted by Crippen LogP contribution is 2.31. The van der Waals surface area contributed by atoms with Crippen LogP contribution in [0.1, 0.15) is 15.9 Å². The first kappa shape index (κ1) is 14.6. The molecule has 0 spiro atoms. The van der Waals surface area contributed by atoms with Crippen molar-refractivity contribution < 1.29 is 13.2 Å². The SMILES string of the molecule is CS(=O)(=O)Nc1ccc2c(c1)CCN2C(=O)c1ccccc1. The number of anilines is 2. The molecule has 22 heavy (non-hydrogen) atoms. The van der Waals surface area contributed by atoms with E-state index < -0.39 is 10.0 Å². The van der Waals surface area contributed by atoms with Crippen molar-refractivity contribution in [2.45, 2.75) is 6.42 Å². The summed E-state index contributed by atoms with van der Waals surface area (Å²) >= 11 is 0. The number of nitrogens with zero attached hydrogens (tertiary/aromatic N) is 1. The van der Waals surface area contributed by atoms with Crippen LogP contribution in [0.5, 0.6) is 0 Å². The zero-order valence-corrected chi connectivity index (χ0v) is 12.9. The molecule has 2 aromatic carbocycles. The number of carbonyl (C=O) groups is 1. The Labute approximate surface area is 129 Å². The van der Waals surface area contributed by atoms with Crippen molar-refractivity contribution >= 4 is 27.3 Å². The van der Waals surface area contributed by atoms with Crippen LogP contribution in [0.3, 0.4) is 0 Å². The summed E-state index contributed by atoms with van der Waals surface area (Å²) in [6.45, 7) is 0.603. The fourth-order valence-corrected chi connectivity index (χ4v) is 3.18. The average Bonchev–Trinajstić information content (AvgIpc) is 2.88. The van der Waals surface area contributed by atoms with Gasteiger partial charge in [0.25, 0.3) is 5.91 Å². The van der Waals surface area contributed by atoms with Gasteiger partial charge in [-0.2, -0.15) is 0 Å². The van der Waals surface area contributed by atoms with Crippen LogP contribution in [0.4, 0.5) is 11.4 Å². The Morgan fingerprint density at radius 1 is 1.14 bits per heavy atom. The highest BCUT2D eigenvalue weighted by atomic mass is 32.2. The van der Waals surface area contributed by atoms with Gasteiger partial charge in [0.15, 0.2) is 0 Å². The molecule has 0 bridgehead atoms. The molecule has 0 radical (unpaired) electrons. The zero-order chi connectivity index (χ0) is 15.7. The third-order valence-corrected chi connectivity index (χ3v) is 4.15. The lowest BCUT2D eigenvalue weighted by molar-refractivity contribution is 0.0989. The standard InChI is InChI=1S/C16H16N2O3S/c1-22(20,21)17-14-7-8-15-13(11-14)9-10-18(15)16(19)12-5-3-2-4-6-12/h2-8,11,17H,9-10H2,1H3. The van der Waals surface area contributed by atoms with Crippen LogP contribution in [0.15, 0.2) is 48.5 Å². The van der Waals surface area contributed by atoms with E-state index in [0.29, 0.717) is 24.2 Å². The zero-order valence-electron chi connectivity index (χ0n) is 12.1. The number of benzene rings is 2. The second-order valence-corrected chi connectivity index (χ2v) is 7.04. The predicted molar refractivity (Wildman–Crippen MR) is 86.7 cm³/mol. The Morgan fingerprint density at radius 3 is 2.55 bits per heavy atom. The van der Waals surface area contributed by atoms with E-state index in [1.54, 1.807) is 35.2 Å². The van der Waals surface area contributed by atoms with Gasteiger partial charge in [-0.25, -0.2) is 8.42 Å². The van der Waals surface area contributed by atoms with E-state index in [4.69, 9.17) is 0 Å². The van der Waals surface area contributed by atoms with Crippen LogP contribution in [-0.4, -0.2) is 27.1 Å². The van der Waals surface area contributed by atoms with E-state index in [-0.39, 0.29) is 5.91 Å². The molecule has 6 heteroatoms. The number of hydrogen-bond donors (Lipinski definition) is 1. The lowest BCUT2D eigenvalue weighted by Crippen LogP contribution is -2.28. The first-order valence-electron chi connectivity index (χ1n) is 6.92. The van der Waals surface area contributed by atoms with Gasteiger partial charge in [0.05, 0.1) is 6.26 Å². The maximum atomic E-state index is 12.5. The summed E-state index contributed by atoms with van der Waals surface area (Å²) < 4.78 is 25.0. The molecule has 1 N–H and O–H groups in total. The molecule has 5 nitrogen and oxygen atoms in total. The molecule has 0 saturated carbocycles. The maximum absolute atomic E-state index is 12.5. The summed E-state index contributed by atoms with van der Waals surface area (Å²) in [6, 6.07) is 14.4. The van der Waals surface area contributed by atoms with Gasteiger partial charge in [-0.15, -0.1) is 0 Å². The van der Waals surface area contributed by atoms with E-state index in [1.165, 1.54) is 0 Å². The minimum atomic E-state index is -3.30. The number of rotatable bonds is 3. The maximum Gasteiger partial charge on any atom is 0.258 e.